The van der Waals surface area contributed by atoms with Gasteiger partial charge in [0.15, 0.2) is 5.82 Å². The first-order valence-corrected chi connectivity index (χ1v) is 27.0. The molecule has 11 aromatic carbocycles. The van der Waals surface area contributed by atoms with Crippen LogP contribution in [-0.2, 0) is 0 Å². The van der Waals surface area contributed by atoms with E-state index in [1.54, 1.807) is 0 Å². The Morgan fingerprint density at radius 1 is 0.291 bits per heavy atom. The van der Waals surface area contributed by atoms with Gasteiger partial charge in [-0.25, -0.2) is 9.97 Å². The van der Waals surface area contributed by atoms with Crippen molar-refractivity contribution in [3.8, 4) is 61.8 Å². The molecule has 0 unspecified atom stereocenters. The van der Waals surface area contributed by atoms with E-state index in [2.05, 4.69) is 315 Å². The lowest BCUT2D eigenvalue weighted by atomic mass is 9.93. The lowest BCUT2D eigenvalue weighted by Gasteiger charge is -2.26. The minimum absolute atomic E-state index is 0.717. The molecule has 0 bridgehead atoms. The molecule has 0 aliphatic heterocycles. The topological polar surface area (TPSA) is 37.2 Å². The third-order valence-electron chi connectivity index (χ3n) is 15.2. The van der Waals surface area contributed by atoms with Gasteiger partial charge in [0.25, 0.3) is 0 Å². The minimum Gasteiger partial charge on any atom is -0.310 e. The molecule has 0 aliphatic carbocycles. The number of fused-ring (bicyclic) bond motifs is 3. The summed E-state index contributed by atoms with van der Waals surface area (Å²) in [5.41, 5.74) is 24.5. The predicted molar refractivity (Wildman–Crippen MR) is 332 cm³/mol. The highest BCUT2D eigenvalue weighted by Gasteiger charge is 2.21. The van der Waals surface area contributed by atoms with Gasteiger partial charge in [-0.1, -0.05) is 181 Å². The number of rotatable bonds is 12. The minimum atomic E-state index is 0.717. The summed E-state index contributed by atoms with van der Waals surface area (Å²) in [4.78, 5) is 14.8. The van der Waals surface area contributed by atoms with Crippen LogP contribution in [0.4, 0.5) is 34.1 Å². The predicted octanol–water partition coefficient (Wildman–Crippen LogP) is 20.1. The molecular weight excluding hydrogens is 959 g/mol. The van der Waals surface area contributed by atoms with Crippen LogP contribution in [0.3, 0.4) is 0 Å². The Balaban J connectivity index is 0.865. The number of aromatic nitrogens is 3. The molecule has 2 aromatic heterocycles. The maximum atomic E-state index is 5.11. The number of benzene rings is 11. The fourth-order valence-electron chi connectivity index (χ4n) is 11.2. The van der Waals surface area contributed by atoms with Gasteiger partial charge < -0.3 is 14.4 Å². The quantitative estimate of drug-likeness (QED) is 0.122. The molecule has 378 valence electrons. The second-order valence-corrected chi connectivity index (χ2v) is 20.6. The molecule has 0 saturated heterocycles. The third kappa shape index (κ3) is 9.53. The number of anilines is 6. The van der Waals surface area contributed by atoms with Crippen molar-refractivity contribution in [2.75, 3.05) is 9.80 Å². The Morgan fingerprint density at radius 2 is 0.633 bits per heavy atom. The highest BCUT2D eigenvalue weighted by molar-refractivity contribution is 6.12. The van der Waals surface area contributed by atoms with Crippen LogP contribution in [0.5, 0.6) is 0 Å². The molecule has 0 spiro atoms. The molecule has 0 radical (unpaired) electrons. The molecule has 0 amide bonds. The van der Waals surface area contributed by atoms with E-state index in [4.69, 9.17) is 9.97 Å². The fourth-order valence-corrected chi connectivity index (χ4v) is 11.2. The molecule has 0 aliphatic rings. The van der Waals surface area contributed by atoms with Crippen molar-refractivity contribution < 1.29 is 0 Å². The summed E-state index contributed by atoms with van der Waals surface area (Å²) in [7, 11) is 0. The third-order valence-corrected chi connectivity index (χ3v) is 15.2. The van der Waals surface area contributed by atoms with E-state index in [1.807, 2.05) is 0 Å². The first-order chi connectivity index (χ1) is 38.8. The normalized spacial score (nSPS) is 11.3. The van der Waals surface area contributed by atoms with Crippen molar-refractivity contribution in [3.05, 3.63) is 295 Å². The van der Waals surface area contributed by atoms with Gasteiger partial charge in [0.1, 0.15) is 0 Å². The Kier molecular flexibility index (Phi) is 12.8. The van der Waals surface area contributed by atoms with Gasteiger partial charge in [0.2, 0.25) is 0 Å². The Bertz CT molecular complexity index is 3980. The van der Waals surface area contributed by atoms with Gasteiger partial charge in [-0.15, -0.1) is 0 Å². The van der Waals surface area contributed by atoms with Crippen molar-refractivity contribution >= 4 is 55.9 Å². The first-order valence-electron chi connectivity index (χ1n) is 27.0. The van der Waals surface area contributed by atoms with Crippen LogP contribution in [0, 0.1) is 27.7 Å². The van der Waals surface area contributed by atoms with Gasteiger partial charge in [0, 0.05) is 67.3 Å². The van der Waals surface area contributed by atoms with Crippen molar-refractivity contribution in [2.45, 2.75) is 27.7 Å². The van der Waals surface area contributed by atoms with Crippen LogP contribution in [0.2, 0.25) is 0 Å². The molecule has 0 fully saturated rings. The summed E-state index contributed by atoms with van der Waals surface area (Å²) in [6, 6.07) is 98.1. The zero-order valence-corrected chi connectivity index (χ0v) is 44.7. The van der Waals surface area contributed by atoms with Gasteiger partial charge in [0.05, 0.1) is 22.4 Å². The lowest BCUT2D eigenvalue weighted by molar-refractivity contribution is 1.16. The molecule has 13 rings (SSSR count). The molecular formula is C74H57N5. The second kappa shape index (κ2) is 20.8. The van der Waals surface area contributed by atoms with E-state index in [9.17, 15) is 0 Å². The first kappa shape index (κ1) is 48.5. The lowest BCUT2D eigenvalue weighted by Crippen LogP contribution is -2.09. The Hall–Kier alpha value is -10.1. The van der Waals surface area contributed by atoms with Gasteiger partial charge in [-0.3, -0.25) is 0 Å². The molecule has 5 nitrogen and oxygen atoms in total. The molecule has 0 atom stereocenters. The van der Waals surface area contributed by atoms with Crippen molar-refractivity contribution in [1.29, 1.82) is 0 Å². The van der Waals surface area contributed by atoms with Crippen LogP contribution < -0.4 is 9.80 Å². The highest BCUT2D eigenvalue weighted by atomic mass is 15.1. The zero-order valence-electron chi connectivity index (χ0n) is 44.7. The Labute approximate surface area is 462 Å². The van der Waals surface area contributed by atoms with Crippen LogP contribution in [0.25, 0.3) is 83.6 Å². The summed E-state index contributed by atoms with van der Waals surface area (Å²) in [6.07, 6.45) is 0. The van der Waals surface area contributed by atoms with Gasteiger partial charge in [-0.05, 0) is 164 Å². The van der Waals surface area contributed by atoms with E-state index in [0.29, 0.717) is 5.82 Å². The largest absolute Gasteiger partial charge is 0.310 e. The van der Waals surface area contributed by atoms with E-state index in [-0.39, 0.29) is 0 Å². The second-order valence-electron chi connectivity index (χ2n) is 20.6. The monoisotopic (exact) mass is 1020 g/mol. The maximum Gasteiger partial charge on any atom is 0.160 e. The molecule has 13 aromatic rings. The van der Waals surface area contributed by atoms with E-state index in [0.717, 1.165) is 90.1 Å². The Morgan fingerprint density at radius 3 is 1.03 bits per heavy atom. The van der Waals surface area contributed by atoms with Crippen LogP contribution in [0.1, 0.15) is 22.3 Å². The van der Waals surface area contributed by atoms with E-state index >= 15 is 0 Å². The smallest absolute Gasteiger partial charge is 0.160 e. The summed E-state index contributed by atoms with van der Waals surface area (Å²) >= 11 is 0. The molecule has 2 heterocycles. The van der Waals surface area contributed by atoms with Crippen molar-refractivity contribution in [3.63, 3.8) is 0 Å². The molecule has 0 N–H and O–H groups in total. The van der Waals surface area contributed by atoms with E-state index in [1.165, 1.54) is 44.2 Å². The number of para-hydroxylation sites is 4. The fraction of sp³-hybridized carbons (Fsp3) is 0.0541. The molecule has 79 heavy (non-hydrogen) atoms. The van der Waals surface area contributed by atoms with Crippen LogP contribution in [0.15, 0.2) is 273 Å². The SMILES string of the molecule is Cc1ccc(-c2cc(-c3ccc(-c4ccc(-c5c(C)cc(-n6c7ccc(N(c8ccccc8)c8ccccc8)cc7c7cc(N(c8ccccc8)c8ccccc8)ccc76)cc5C)cc4)cc3)nc(-c3ccc(C)cc3)n2)cc1. The van der Waals surface area contributed by atoms with Crippen molar-refractivity contribution in [2.24, 2.45) is 0 Å². The number of hydrogen-bond donors (Lipinski definition) is 0. The summed E-state index contributed by atoms with van der Waals surface area (Å²) in [5.74, 6) is 0.717. The molecule has 0 saturated carbocycles. The van der Waals surface area contributed by atoms with Crippen LogP contribution in [-0.4, -0.2) is 14.5 Å². The zero-order chi connectivity index (χ0) is 53.4. The molecule has 5 heteroatoms. The summed E-state index contributed by atoms with van der Waals surface area (Å²) in [6.45, 7) is 8.71. The average molecular weight is 1020 g/mol. The standard InChI is InChI=1S/C74H57N5/c1-50-25-29-56(30-26-50)69-49-70(76-74(75-69)59-31-27-51(2)28-32-59)57-37-33-54(34-38-57)55-35-39-58(40-36-55)73-52(3)45-66(46-53(73)4)79-71-43-41-64(77(60-17-9-5-10-18-60)61-19-11-6-12-20-61)47-67(71)68-48-65(42-44-72(68)79)78(62-21-13-7-14-22-62)63-23-15-8-16-24-63/h5-49H,1-4H3. The van der Waals surface area contributed by atoms with Gasteiger partial charge in [-0.2, -0.15) is 0 Å². The summed E-state index contributed by atoms with van der Waals surface area (Å²) < 4.78 is 2.45. The number of aryl methyl sites for hydroxylation is 4. The van der Waals surface area contributed by atoms with E-state index < -0.39 is 0 Å². The number of hydrogen-bond acceptors (Lipinski definition) is 4. The van der Waals surface area contributed by atoms with Gasteiger partial charge >= 0.3 is 0 Å². The van der Waals surface area contributed by atoms with Crippen molar-refractivity contribution in [1.82, 2.24) is 14.5 Å². The average Bonchev–Trinajstić information content (AvgIpc) is 3.89. The highest BCUT2D eigenvalue weighted by Crippen LogP contribution is 2.44. The number of nitrogens with zero attached hydrogens (tertiary/aromatic N) is 5. The maximum absolute atomic E-state index is 5.11. The van der Waals surface area contributed by atoms with Crippen LogP contribution >= 0.6 is 0 Å². The summed E-state index contributed by atoms with van der Waals surface area (Å²) in [5, 5.41) is 2.35.